The van der Waals surface area contributed by atoms with Crippen LogP contribution in [0, 0.1) is 25.5 Å². The number of ether oxygens (including phenoxy) is 1. The lowest BCUT2D eigenvalue weighted by atomic mass is 10.1. The van der Waals surface area contributed by atoms with E-state index in [1.54, 1.807) is 13.0 Å². The number of aromatic amines is 1. The number of pyridine rings is 1. The SMILES string of the molecule is Cc1ccc(Nc2c(C(=O)NC3CC3)c(Oc3cc(F)c(-n4[nH]s4)cc3Cl)c(C)c(=O)n2C)c(F)c1. The lowest BCUT2D eigenvalue weighted by molar-refractivity contribution is 0.0948. The number of nitrogens with one attached hydrogen (secondary N) is 3. The van der Waals surface area contributed by atoms with E-state index in [9.17, 15) is 18.4 Å². The first-order valence-corrected chi connectivity index (χ1v) is 12.3. The number of carbonyl (C=O) groups excluding carboxylic acids is 1. The number of amides is 1. The molecule has 1 amide bonds. The average Bonchev–Trinajstić information content (AvgIpc) is 3.74. The standard InChI is InChI=1S/C24H22ClF2N5O3S/c1-11-4-7-17(15(26)8-11)29-22-20(23(33)28-13-5-6-13)21(12(2)24(34)31(22)3)35-19-10-16(27)18(9-14(19)25)32-30-36-32/h4,7-10,13,29-30H,5-6H2,1-3H3,(H,28,33). The van der Waals surface area contributed by atoms with Gasteiger partial charge in [0.2, 0.25) is 0 Å². The second-order valence-corrected chi connectivity index (χ2v) is 9.85. The number of aromatic nitrogens is 3. The number of aryl methyl sites for hydroxylation is 1. The fourth-order valence-corrected chi connectivity index (χ4v) is 4.29. The number of benzene rings is 2. The van der Waals surface area contributed by atoms with E-state index < -0.39 is 23.1 Å². The van der Waals surface area contributed by atoms with Gasteiger partial charge in [-0.3, -0.25) is 14.2 Å². The minimum absolute atomic E-state index is 0.00948. The first kappa shape index (κ1) is 24.1. The molecule has 1 aliphatic carbocycles. The molecular weight excluding hydrogens is 512 g/mol. The topological polar surface area (TPSA) is 93.1 Å². The number of H-pyrrole nitrogens is 1. The molecule has 12 heteroatoms. The number of carbonyl (C=O) groups is 1. The van der Waals surface area contributed by atoms with Crippen molar-refractivity contribution in [2.24, 2.45) is 7.05 Å². The molecule has 5 rings (SSSR count). The Hall–Kier alpha value is -3.57. The number of anilines is 2. The van der Waals surface area contributed by atoms with Crippen molar-refractivity contribution in [1.29, 1.82) is 0 Å². The van der Waals surface area contributed by atoms with Gasteiger partial charge in [0, 0.05) is 19.2 Å². The van der Waals surface area contributed by atoms with E-state index in [0.29, 0.717) is 5.56 Å². The summed E-state index contributed by atoms with van der Waals surface area (Å²) < 4.78 is 40.9. The Morgan fingerprint density at radius 3 is 2.56 bits per heavy atom. The third-order valence-electron chi connectivity index (χ3n) is 5.90. The van der Waals surface area contributed by atoms with E-state index in [4.69, 9.17) is 16.3 Å². The van der Waals surface area contributed by atoms with E-state index in [-0.39, 0.29) is 50.9 Å². The van der Waals surface area contributed by atoms with Crippen molar-refractivity contribution in [3.8, 4) is 17.2 Å². The van der Waals surface area contributed by atoms with Crippen LogP contribution in [0.2, 0.25) is 5.02 Å². The summed E-state index contributed by atoms with van der Waals surface area (Å²) in [5.74, 6) is -1.83. The van der Waals surface area contributed by atoms with Crippen LogP contribution in [0.3, 0.4) is 0 Å². The molecule has 188 valence electrons. The molecule has 1 fully saturated rings. The summed E-state index contributed by atoms with van der Waals surface area (Å²) in [7, 11) is 1.47. The molecule has 0 radical (unpaired) electrons. The van der Waals surface area contributed by atoms with Crippen LogP contribution in [0.25, 0.3) is 5.69 Å². The molecule has 36 heavy (non-hydrogen) atoms. The summed E-state index contributed by atoms with van der Waals surface area (Å²) in [5.41, 5.74) is 0.593. The molecule has 0 bridgehead atoms. The number of nitrogens with zero attached hydrogens (tertiary/aromatic N) is 2. The van der Waals surface area contributed by atoms with Crippen molar-refractivity contribution in [3.63, 3.8) is 0 Å². The highest BCUT2D eigenvalue weighted by molar-refractivity contribution is 7.04. The summed E-state index contributed by atoms with van der Waals surface area (Å²) in [6, 6.07) is 7.01. The van der Waals surface area contributed by atoms with Gasteiger partial charge in [0.25, 0.3) is 11.5 Å². The monoisotopic (exact) mass is 533 g/mol. The smallest absolute Gasteiger partial charge is 0.259 e. The third-order valence-corrected chi connectivity index (χ3v) is 6.75. The zero-order chi connectivity index (χ0) is 25.7. The lowest BCUT2D eigenvalue weighted by Gasteiger charge is -2.21. The molecule has 2 heterocycles. The largest absolute Gasteiger partial charge is 0.454 e. The predicted molar refractivity (Wildman–Crippen MR) is 134 cm³/mol. The second kappa shape index (κ2) is 9.14. The van der Waals surface area contributed by atoms with Crippen LogP contribution in [-0.4, -0.2) is 25.1 Å². The first-order valence-electron chi connectivity index (χ1n) is 11.1. The minimum Gasteiger partial charge on any atom is -0.454 e. The van der Waals surface area contributed by atoms with Crippen molar-refractivity contribution in [1.82, 2.24) is 18.4 Å². The maximum atomic E-state index is 14.7. The lowest BCUT2D eigenvalue weighted by Crippen LogP contribution is -2.31. The van der Waals surface area contributed by atoms with Crippen LogP contribution in [-0.2, 0) is 7.05 Å². The highest BCUT2D eigenvalue weighted by Gasteiger charge is 2.31. The Labute approximate surface area is 213 Å². The molecule has 0 saturated heterocycles. The Morgan fingerprint density at radius 1 is 1.19 bits per heavy atom. The van der Waals surface area contributed by atoms with Gasteiger partial charge in [0.1, 0.15) is 28.6 Å². The maximum absolute atomic E-state index is 14.7. The molecular formula is C24H22ClF2N5O3S. The quantitative estimate of drug-likeness (QED) is 0.291. The Morgan fingerprint density at radius 2 is 1.92 bits per heavy atom. The highest BCUT2D eigenvalue weighted by atomic mass is 35.5. The molecule has 2 aromatic carbocycles. The fourth-order valence-electron chi connectivity index (χ4n) is 3.71. The van der Waals surface area contributed by atoms with Crippen LogP contribution >= 0.6 is 23.3 Å². The molecule has 0 unspecified atom stereocenters. The van der Waals surface area contributed by atoms with Crippen molar-refractivity contribution >= 4 is 40.7 Å². The minimum atomic E-state index is -0.613. The molecule has 8 nitrogen and oxygen atoms in total. The van der Waals surface area contributed by atoms with Crippen molar-refractivity contribution < 1.29 is 18.3 Å². The molecule has 0 aliphatic heterocycles. The summed E-state index contributed by atoms with van der Waals surface area (Å²) >= 11 is 7.56. The summed E-state index contributed by atoms with van der Waals surface area (Å²) in [5, 5.41) is 5.85. The van der Waals surface area contributed by atoms with Crippen LogP contribution in [0.1, 0.15) is 34.3 Å². The van der Waals surface area contributed by atoms with E-state index in [2.05, 4.69) is 15.1 Å². The molecule has 0 atom stereocenters. The van der Waals surface area contributed by atoms with Crippen LogP contribution in [0.5, 0.6) is 11.5 Å². The van der Waals surface area contributed by atoms with Gasteiger partial charge in [-0.05, 0) is 50.5 Å². The zero-order valence-electron chi connectivity index (χ0n) is 19.5. The van der Waals surface area contributed by atoms with Gasteiger partial charge >= 0.3 is 0 Å². The Balaban J connectivity index is 1.66. The summed E-state index contributed by atoms with van der Waals surface area (Å²) in [4.78, 5) is 26.5. The van der Waals surface area contributed by atoms with Crippen LogP contribution < -0.4 is 20.9 Å². The highest BCUT2D eigenvalue weighted by Crippen LogP contribution is 2.39. The Kier molecular flexibility index (Phi) is 6.13. The van der Waals surface area contributed by atoms with Crippen LogP contribution in [0.4, 0.5) is 20.3 Å². The average molecular weight is 534 g/mol. The third kappa shape index (κ3) is 4.63. The first-order chi connectivity index (χ1) is 17.1. The van der Waals surface area contributed by atoms with Gasteiger partial charge in [-0.15, -0.1) is 0 Å². The van der Waals surface area contributed by atoms with E-state index >= 15 is 0 Å². The van der Waals surface area contributed by atoms with Gasteiger partial charge in [-0.2, -0.15) is 4.07 Å². The van der Waals surface area contributed by atoms with Crippen LogP contribution in [0.15, 0.2) is 35.1 Å². The molecule has 2 aromatic heterocycles. The molecule has 1 saturated carbocycles. The van der Waals surface area contributed by atoms with Gasteiger partial charge in [0.15, 0.2) is 11.6 Å². The van der Waals surface area contributed by atoms with Crippen molar-refractivity contribution in [3.05, 3.63) is 74.0 Å². The number of halogens is 3. The van der Waals surface area contributed by atoms with Gasteiger partial charge < -0.3 is 15.4 Å². The fraction of sp³-hybridized carbons (Fsp3) is 0.250. The van der Waals surface area contributed by atoms with Gasteiger partial charge in [-0.1, -0.05) is 17.7 Å². The maximum Gasteiger partial charge on any atom is 0.259 e. The van der Waals surface area contributed by atoms with Gasteiger partial charge in [0.05, 0.1) is 28.0 Å². The molecule has 0 spiro atoms. The van der Waals surface area contributed by atoms with Crippen molar-refractivity contribution in [2.75, 3.05) is 5.32 Å². The second-order valence-electron chi connectivity index (χ2n) is 8.71. The normalized spacial score (nSPS) is 13.2. The number of rotatable bonds is 7. The van der Waals surface area contributed by atoms with Crippen molar-refractivity contribution in [2.45, 2.75) is 32.7 Å². The van der Waals surface area contributed by atoms with E-state index in [1.807, 2.05) is 0 Å². The molecule has 3 N–H and O–H groups in total. The number of hydrogen-bond donors (Lipinski definition) is 3. The molecule has 4 aromatic rings. The zero-order valence-corrected chi connectivity index (χ0v) is 21.1. The van der Waals surface area contributed by atoms with E-state index in [0.717, 1.165) is 18.9 Å². The summed E-state index contributed by atoms with van der Waals surface area (Å²) in [6.07, 6.45) is 1.64. The molecule has 1 aliphatic rings. The number of hydrogen-bond acceptors (Lipinski definition) is 5. The van der Waals surface area contributed by atoms with E-state index in [1.165, 1.54) is 52.5 Å². The summed E-state index contributed by atoms with van der Waals surface area (Å²) in [6.45, 7) is 3.25. The predicted octanol–water partition coefficient (Wildman–Crippen LogP) is 5.54. The Bertz CT molecular complexity index is 1540. The van der Waals surface area contributed by atoms with Gasteiger partial charge in [-0.25, -0.2) is 13.3 Å².